The van der Waals surface area contributed by atoms with Crippen LogP contribution in [0.3, 0.4) is 0 Å². The summed E-state index contributed by atoms with van der Waals surface area (Å²) in [6.45, 7) is 3.77. The molecule has 1 aromatic heterocycles. The van der Waals surface area contributed by atoms with Gasteiger partial charge in [0.25, 0.3) is 0 Å². The third-order valence-corrected chi connectivity index (χ3v) is 9.57. The normalized spacial score (nSPS) is 19.5. The maximum atomic E-state index is 13.4. The summed E-state index contributed by atoms with van der Waals surface area (Å²) in [5.41, 5.74) is 0.785. The van der Waals surface area contributed by atoms with Gasteiger partial charge in [0.15, 0.2) is 9.84 Å². The first-order valence-electron chi connectivity index (χ1n) is 8.54. The van der Waals surface area contributed by atoms with Gasteiger partial charge in [-0.15, -0.1) is 11.3 Å². The molecule has 6 nitrogen and oxygen atoms in total. The van der Waals surface area contributed by atoms with E-state index < -0.39 is 25.9 Å². The van der Waals surface area contributed by atoms with Crippen LogP contribution in [0.4, 0.5) is 0 Å². The largest absolute Gasteiger partial charge is 0.497 e. The molecule has 3 rings (SSSR count). The number of methoxy groups -OCH3 is 1. The lowest BCUT2D eigenvalue weighted by Gasteiger charge is -2.27. The van der Waals surface area contributed by atoms with Crippen LogP contribution in [-0.2, 0) is 26.4 Å². The molecule has 0 amide bonds. The Morgan fingerprint density at radius 1 is 1.22 bits per heavy atom. The highest BCUT2D eigenvalue weighted by molar-refractivity contribution is 7.92. The number of nitrogens with zero attached hydrogens (tertiary/aromatic N) is 1. The summed E-state index contributed by atoms with van der Waals surface area (Å²) in [5, 5.41) is 0. The number of thiophene rings is 1. The van der Waals surface area contributed by atoms with Crippen molar-refractivity contribution in [1.29, 1.82) is 0 Å². The minimum Gasteiger partial charge on any atom is -0.497 e. The van der Waals surface area contributed by atoms with Crippen molar-refractivity contribution in [3.05, 3.63) is 45.6 Å². The predicted octanol–water partition coefficient (Wildman–Crippen LogP) is 2.75. The van der Waals surface area contributed by atoms with Gasteiger partial charge < -0.3 is 4.74 Å². The Kier molecular flexibility index (Phi) is 5.67. The van der Waals surface area contributed by atoms with Gasteiger partial charge >= 0.3 is 0 Å². The van der Waals surface area contributed by atoms with Gasteiger partial charge in [-0.25, -0.2) is 16.8 Å². The second-order valence-electron chi connectivity index (χ2n) is 6.73. The van der Waals surface area contributed by atoms with Gasteiger partial charge in [-0.05, 0) is 44.0 Å². The molecular weight excluding hydrogens is 406 g/mol. The molecule has 0 bridgehead atoms. The van der Waals surface area contributed by atoms with E-state index in [1.807, 2.05) is 6.92 Å². The van der Waals surface area contributed by atoms with Crippen LogP contribution in [0.15, 0.2) is 35.2 Å². The monoisotopic (exact) mass is 429 g/mol. The summed E-state index contributed by atoms with van der Waals surface area (Å²) in [7, 11) is -5.46. The molecule has 2 heterocycles. The number of hydrogen-bond acceptors (Lipinski definition) is 6. The van der Waals surface area contributed by atoms with Crippen molar-refractivity contribution in [2.45, 2.75) is 37.8 Å². The first-order chi connectivity index (χ1) is 12.6. The molecule has 1 unspecified atom stereocenters. The fourth-order valence-electron chi connectivity index (χ4n) is 3.31. The Hall–Kier alpha value is -1.42. The first-order valence-corrected chi connectivity index (χ1v) is 12.6. The summed E-state index contributed by atoms with van der Waals surface area (Å²) in [6, 6.07) is 8.26. The van der Waals surface area contributed by atoms with E-state index in [1.165, 1.54) is 15.6 Å². The van der Waals surface area contributed by atoms with Crippen molar-refractivity contribution in [3.63, 3.8) is 0 Å². The van der Waals surface area contributed by atoms with Crippen LogP contribution in [-0.4, -0.2) is 45.8 Å². The molecule has 1 fully saturated rings. The van der Waals surface area contributed by atoms with E-state index in [9.17, 15) is 16.8 Å². The Labute approximate surface area is 164 Å². The van der Waals surface area contributed by atoms with Crippen molar-refractivity contribution in [1.82, 2.24) is 4.31 Å². The summed E-state index contributed by atoms with van der Waals surface area (Å²) < 4.78 is 57.3. The van der Waals surface area contributed by atoms with Crippen LogP contribution in [0, 0.1) is 13.8 Å². The second kappa shape index (κ2) is 7.54. The average molecular weight is 430 g/mol. The van der Waals surface area contributed by atoms with Gasteiger partial charge in [0, 0.05) is 22.3 Å². The maximum absolute atomic E-state index is 13.4. The molecule has 1 aliphatic rings. The van der Waals surface area contributed by atoms with Gasteiger partial charge in [0.1, 0.15) is 5.75 Å². The summed E-state index contributed by atoms with van der Waals surface area (Å²) in [6.07, 6.45) is 0.319. The van der Waals surface area contributed by atoms with E-state index in [-0.39, 0.29) is 22.9 Å². The van der Waals surface area contributed by atoms with Crippen molar-refractivity contribution >= 4 is 31.2 Å². The number of ether oxygens (including phenoxy) is 1. The number of rotatable bonds is 6. The molecule has 0 N–H and O–H groups in total. The van der Waals surface area contributed by atoms with Crippen LogP contribution < -0.4 is 4.74 Å². The molecule has 1 saturated heterocycles. The third-order valence-electron chi connectivity index (χ3n) is 4.70. The molecule has 27 heavy (non-hydrogen) atoms. The Bertz CT molecular complexity index is 1020. The minimum atomic E-state index is -3.81. The third kappa shape index (κ3) is 4.37. The van der Waals surface area contributed by atoms with Crippen LogP contribution in [0.2, 0.25) is 0 Å². The molecule has 9 heteroatoms. The van der Waals surface area contributed by atoms with Crippen molar-refractivity contribution in [3.8, 4) is 5.75 Å². The number of aryl methyl sites for hydroxylation is 2. The maximum Gasteiger partial charge on any atom is 0.244 e. The van der Waals surface area contributed by atoms with E-state index in [0.717, 1.165) is 10.4 Å². The van der Waals surface area contributed by atoms with E-state index in [4.69, 9.17) is 4.74 Å². The molecule has 0 saturated carbocycles. The van der Waals surface area contributed by atoms with Crippen molar-refractivity contribution in [2.24, 2.45) is 0 Å². The fraction of sp³-hybridized carbons (Fsp3) is 0.444. The molecule has 148 valence electrons. The van der Waals surface area contributed by atoms with Crippen molar-refractivity contribution < 1.29 is 21.6 Å². The zero-order valence-corrected chi connectivity index (χ0v) is 18.0. The number of benzene rings is 1. The lowest BCUT2D eigenvalue weighted by molar-refractivity contribution is 0.334. The van der Waals surface area contributed by atoms with Crippen LogP contribution >= 0.6 is 11.3 Å². The molecule has 1 aromatic carbocycles. The van der Waals surface area contributed by atoms with Crippen LogP contribution in [0.1, 0.15) is 21.7 Å². The molecule has 0 spiro atoms. The standard InChI is InChI=1S/C18H23NO5S3/c1-13-10-18(14(2)25-13)27(22,23)19(16-8-9-26(20,21)12-16)11-15-4-6-17(24-3)7-5-15/h4-7,10,16H,8-9,11-12H2,1-3H3. The number of sulfonamides is 1. The van der Waals surface area contributed by atoms with Gasteiger partial charge in [-0.3, -0.25) is 0 Å². The minimum absolute atomic E-state index is 0.0218. The molecule has 1 atom stereocenters. The predicted molar refractivity (Wildman–Crippen MR) is 107 cm³/mol. The summed E-state index contributed by atoms with van der Waals surface area (Å²) in [4.78, 5) is 1.89. The van der Waals surface area contributed by atoms with E-state index in [2.05, 4.69) is 0 Å². The average Bonchev–Trinajstić information content (AvgIpc) is 3.14. The lowest BCUT2D eigenvalue weighted by atomic mass is 10.2. The number of hydrogen-bond donors (Lipinski definition) is 0. The van der Waals surface area contributed by atoms with Gasteiger partial charge in [0.05, 0.1) is 23.5 Å². The zero-order chi connectivity index (χ0) is 19.8. The SMILES string of the molecule is COc1ccc(CN(C2CCS(=O)(=O)C2)S(=O)(=O)c2cc(C)sc2C)cc1. The highest BCUT2D eigenvalue weighted by Gasteiger charge is 2.39. The molecule has 0 aliphatic carbocycles. The van der Waals surface area contributed by atoms with E-state index in [1.54, 1.807) is 44.4 Å². The van der Waals surface area contributed by atoms with E-state index in [0.29, 0.717) is 17.0 Å². The quantitative estimate of drug-likeness (QED) is 0.705. The van der Waals surface area contributed by atoms with Gasteiger partial charge in [-0.1, -0.05) is 12.1 Å². The summed E-state index contributed by atoms with van der Waals surface area (Å²) >= 11 is 1.43. The molecule has 0 radical (unpaired) electrons. The van der Waals surface area contributed by atoms with Crippen LogP contribution in [0.25, 0.3) is 0 Å². The molecule has 2 aromatic rings. The Balaban J connectivity index is 2.00. The van der Waals surface area contributed by atoms with E-state index >= 15 is 0 Å². The number of sulfone groups is 1. The zero-order valence-electron chi connectivity index (χ0n) is 15.5. The van der Waals surface area contributed by atoms with Gasteiger partial charge in [-0.2, -0.15) is 4.31 Å². The Morgan fingerprint density at radius 2 is 1.89 bits per heavy atom. The summed E-state index contributed by atoms with van der Waals surface area (Å²) in [5.74, 6) is 0.569. The smallest absolute Gasteiger partial charge is 0.244 e. The Morgan fingerprint density at radius 3 is 2.37 bits per heavy atom. The fourth-order valence-corrected chi connectivity index (χ4v) is 8.31. The highest BCUT2D eigenvalue weighted by Crippen LogP contribution is 2.32. The lowest BCUT2D eigenvalue weighted by Crippen LogP contribution is -2.40. The highest BCUT2D eigenvalue weighted by atomic mass is 32.2. The van der Waals surface area contributed by atoms with Crippen molar-refractivity contribution in [2.75, 3.05) is 18.6 Å². The van der Waals surface area contributed by atoms with Crippen LogP contribution in [0.5, 0.6) is 5.75 Å². The molecule has 1 aliphatic heterocycles. The molecular formula is C18H23NO5S3. The topological polar surface area (TPSA) is 80.8 Å². The van der Waals surface area contributed by atoms with Gasteiger partial charge in [0.2, 0.25) is 10.0 Å². The first kappa shape index (κ1) is 20.3. The second-order valence-corrected chi connectivity index (χ2v) is 12.3.